The molecule has 4 aromatic rings. The van der Waals surface area contributed by atoms with Gasteiger partial charge in [0.1, 0.15) is 6.61 Å². The minimum Gasteiger partial charge on any atom is -0.493 e. The lowest BCUT2D eigenvalue weighted by Crippen LogP contribution is -2.32. The summed E-state index contributed by atoms with van der Waals surface area (Å²) in [6.07, 6.45) is 3.74. The van der Waals surface area contributed by atoms with Crippen LogP contribution in [0.4, 0.5) is 0 Å². The largest absolute Gasteiger partial charge is 0.493 e. The number of ether oxygens (including phenoxy) is 2. The molecule has 0 aliphatic carbocycles. The van der Waals surface area contributed by atoms with Crippen LogP contribution in [-0.2, 0) is 13.0 Å². The van der Waals surface area contributed by atoms with E-state index in [9.17, 15) is 9.59 Å². The third-order valence-corrected chi connectivity index (χ3v) is 5.67. The monoisotopic (exact) mass is 519 g/mol. The van der Waals surface area contributed by atoms with Gasteiger partial charge in [0.05, 0.1) is 24.2 Å². The molecule has 0 saturated carbocycles. The Bertz CT molecular complexity index is 1490. The van der Waals surface area contributed by atoms with Crippen molar-refractivity contribution in [1.82, 2.24) is 9.66 Å². The maximum Gasteiger partial charge on any atom is 0.349 e. The maximum absolute atomic E-state index is 12.7. The van der Waals surface area contributed by atoms with E-state index in [1.807, 2.05) is 30.3 Å². The van der Waals surface area contributed by atoms with E-state index < -0.39 is 11.2 Å². The Kier molecular flexibility index (Phi) is 7.08. The molecule has 0 saturated heterocycles. The highest BCUT2D eigenvalue weighted by Gasteiger charge is 2.13. The molecule has 7 nitrogen and oxygen atoms in total. The number of rotatable bonds is 8. The van der Waals surface area contributed by atoms with Crippen molar-refractivity contribution in [2.24, 2.45) is 5.10 Å². The van der Waals surface area contributed by atoms with Crippen molar-refractivity contribution in [3.63, 3.8) is 0 Å². The topological polar surface area (TPSA) is 85.7 Å². The number of H-pyrrole nitrogens is 1. The summed E-state index contributed by atoms with van der Waals surface area (Å²) in [4.78, 5) is 27.8. The molecule has 3 aromatic carbocycles. The van der Waals surface area contributed by atoms with Crippen molar-refractivity contribution in [1.29, 1.82) is 0 Å². The van der Waals surface area contributed by atoms with E-state index in [0.717, 1.165) is 20.3 Å². The van der Waals surface area contributed by atoms with Gasteiger partial charge in [-0.2, -0.15) is 5.10 Å². The second kappa shape index (κ2) is 10.4. The first-order valence-electron chi connectivity index (χ1n) is 10.5. The number of aromatic amines is 1. The summed E-state index contributed by atoms with van der Waals surface area (Å²) in [6, 6.07) is 18.3. The Morgan fingerprint density at radius 3 is 2.62 bits per heavy atom. The molecule has 0 radical (unpaired) electrons. The zero-order chi connectivity index (χ0) is 24.1. The van der Waals surface area contributed by atoms with Gasteiger partial charge in [0.15, 0.2) is 11.5 Å². The zero-order valence-corrected chi connectivity index (χ0v) is 20.0. The van der Waals surface area contributed by atoms with Gasteiger partial charge in [0.2, 0.25) is 0 Å². The first-order chi connectivity index (χ1) is 16.5. The average Bonchev–Trinajstić information content (AvgIpc) is 2.84. The van der Waals surface area contributed by atoms with Crippen LogP contribution in [0.2, 0.25) is 0 Å². The predicted octanol–water partition coefficient (Wildman–Crippen LogP) is 4.65. The summed E-state index contributed by atoms with van der Waals surface area (Å²) < 4.78 is 13.5. The Hall–Kier alpha value is -3.91. The van der Waals surface area contributed by atoms with Crippen molar-refractivity contribution < 1.29 is 9.47 Å². The number of nitrogens with one attached hydrogen (secondary N) is 1. The summed E-state index contributed by atoms with van der Waals surface area (Å²) in [5.74, 6) is 1.11. The van der Waals surface area contributed by atoms with E-state index in [1.165, 1.54) is 6.21 Å². The smallest absolute Gasteiger partial charge is 0.349 e. The summed E-state index contributed by atoms with van der Waals surface area (Å²) in [7, 11) is 1.55. The first-order valence-corrected chi connectivity index (χ1v) is 11.3. The van der Waals surface area contributed by atoms with Gasteiger partial charge in [-0.05, 0) is 53.9 Å². The standard InChI is InChI=1S/C26H22BrN3O4/c1-3-6-19-13-18(14-23(33-2)24(19)34-16-17-9-11-20(27)12-10-17)15-28-30-25(31)21-7-4-5-8-22(21)29-26(30)32/h3-5,7-15H,1,6,16H2,2H3,(H,29,32). The van der Waals surface area contributed by atoms with Crippen LogP contribution in [0.3, 0.4) is 0 Å². The highest BCUT2D eigenvalue weighted by atomic mass is 79.9. The number of benzene rings is 3. The lowest BCUT2D eigenvalue weighted by Gasteiger charge is -2.16. The van der Waals surface area contributed by atoms with Crippen LogP contribution in [0.5, 0.6) is 11.5 Å². The molecular weight excluding hydrogens is 498 g/mol. The molecule has 0 bridgehead atoms. The van der Waals surface area contributed by atoms with Crippen LogP contribution < -0.4 is 20.7 Å². The normalized spacial score (nSPS) is 11.1. The van der Waals surface area contributed by atoms with E-state index in [2.05, 4.69) is 32.6 Å². The molecule has 1 N–H and O–H groups in total. The van der Waals surface area contributed by atoms with Crippen molar-refractivity contribution >= 4 is 33.0 Å². The third kappa shape index (κ3) is 5.02. The molecule has 0 atom stereocenters. The van der Waals surface area contributed by atoms with Crippen molar-refractivity contribution in [3.05, 3.63) is 115 Å². The molecule has 172 valence electrons. The predicted molar refractivity (Wildman–Crippen MR) is 137 cm³/mol. The molecule has 1 heterocycles. The quantitative estimate of drug-likeness (QED) is 0.271. The number of hydrogen-bond acceptors (Lipinski definition) is 5. The number of methoxy groups -OCH3 is 1. The number of allylic oxidation sites excluding steroid dienone is 1. The van der Waals surface area contributed by atoms with Gasteiger partial charge in [0.25, 0.3) is 5.56 Å². The van der Waals surface area contributed by atoms with Gasteiger partial charge in [-0.25, -0.2) is 4.79 Å². The van der Waals surface area contributed by atoms with Gasteiger partial charge in [-0.15, -0.1) is 11.3 Å². The number of nitrogens with zero attached hydrogens (tertiary/aromatic N) is 2. The fourth-order valence-electron chi connectivity index (χ4n) is 3.50. The van der Waals surface area contributed by atoms with Crippen molar-refractivity contribution in [3.8, 4) is 11.5 Å². The number of hydrogen-bond donors (Lipinski definition) is 1. The van der Waals surface area contributed by atoms with E-state index in [-0.39, 0.29) is 0 Å². The van der Waals surface area contributed by atoms with Crippen LogP contribution in [0.15, 0.2) is 92.5 Å². The highest BCUT2D eigenvalue weighted by molar-refractivity contribution is 9.10. The zero-order valence-electron chi connectivity index (χ0n) is 18.5. The summed E-state index contributed by atoms with van der Waals surface area (Å²) in [5.41, 5.74) is 1.84. The Morgan fingerprint density at radius 1 is 1.12 bits per heavy atom. The van der Waals surface area contributed by atoms with Crippen LogP contribution in [-0.4, -0.2) is 23.0 Å². The minimum absolute atomic E-state index is 0.364. The van der Waals surface area contributed by atoms with Crippen LogP contribution in [0.25, 0.3) is 10.9 Å². The highest BCUT2D eigenvalue weighted by Crippen LogP contribution is 2.34. The molecule has 0 aliphatic heterocycles. The molecule has 0 spiro atoms. The Morgan fingerprint density at radius 2 is 1.88 bits per heavy atom. The fraction of sp³-hybridized carbons (Fsp3) is 0.115. The van der Waals surface area contributed by atoms with Crippen LogP contribution >= 0.6 is 15.9 Å². The van der Waals surface area contributed by atoms with E-state index in [4.69, 9.17) is 9.47 Å². The van der Waals surface area contributed by atoms with Gasteiger partial charge in [-0.1, -0.05) is 46.3 Å². The fourth-order valence-corrected chi connectivity index (χ4v) is 3.76. The summed E-state index contributed by atoms with van der Waals surface area (Å²) in [6.45, 7) is 4.19. The number of para-hydroxylation sites is 1. The molecule has 0 fully saturated rings. The average molecular weight is 520 g/mol. The maximum atomic E-state index is 12.7. The Labute approximate surface area is 204 Å². The molecule has 0 aliphatic rings. The molecule has 34 heavy (non-hydrogen) atoms. The van der Waals surface area contributed by atoms with E-state index >= 15 is 0 Å². The SMILES string of the molecule is C=CCc1cc(C=Nn2c(=O)[nH]c3ccccc3c2=O)cc(OC)c1OCc1ccc(Br)cc1. The molecule has 0 unspecified atom stereocenters. The van der Waals surface area contributed by atoms with Gasteiger partial charge < -0.3 is 14.5 Å². The molecule has 8 heteroatoms. The number of aromatic nitrogens is 2. The summed E-state index contributed by atoms with van der Waals surface area (Å²) >= 11 is 3.43. The Balaban J connectivity index is 1.68. The molecular formula is C26H22BrN3O4. The molecule has 1 aromatic heterocycles. The van der Waals surface area contributed by atoms with Gasteiger partial charge >= 0.3 is 5.69 Å². The van der Waals surface area contributed by atoms with Crippen LogP contribution in [0, 0.1) is 0 Å². The van der Waals surface area contributed by atoms with Crippen molar-refractivity contribution in [2.75, 3.05) is 7.11 Å². The van der Waals surface area contributed by atoms with Crippen LogP contribution in [0.1, 0.15) is 16.7 Å². The van der Waals surface area contributed by atoms with E-state index in [0.29, 0.717) is 41.0 Å². The van der Waals surface area contributed by atoms with E-state index in [1.54, 1.807) is 43.5 Å². The number of fused-ring (bicyclic) bond motifs is 1. The second-order valence-electron chi connectivity index (χ2n) is 7.46. The molecule has 0 amide bonds. The van der Waals surface area contributed by atoms with Crippen molar-refractivity contribution in [2.45, 2.75) is 13.0 Å². The molecule has 4 rings (SSSR count). The minimum atomic E-state index is -0.618. The third-order valence-electron chi connectivity index (χ3n) is 5.14. The lowest BCUT2D eigenvalue weighted by molar-refractivity contribution is 0.282. The lowest BCUT2D eigenvalue weighted by atomic mass is 10.1. The summed E-state index contributed by atoms with van der Waals surface area (Å²) in [5, 5.41) is 4.52. The van der Waals surface area contributed by atoms with Gasteiger partial charge in [-0.3, -0.25) is 4.79 Å². The number of halogens is 1. The van der Waals surface area contributed by atoms with Gasteiger partial charge in [0, 0.05) is 10.0 Å². The first kappa shape index (κ1) is 23.3. The second-order valence-corrected chi connectivity index (χ2v) is 8.37.